The fourth-order valence-electron chi connectivity index (χ4n) is 1.74. The van der Waals surface area contributed by atoms with Crippen molar-refractivity contribution in [2.24, 2.45) is 0 Å². The number of carbonyl (C=O) groups is 1. The van der Waals surface area contributed by atoms with Crippen molar-refractivity contribution < 1.29 is 4.79 Å². The molecular formula is C10H19N3O. The van der Waals surface area contributed by atoms with Gasteiger partial charge in [-0.3, -0.25) is 0 Å². The Hall–Kier alpha value is -1.03. The molecule has 0 saturated carbocycles. The lowest BCUT2D eigenvalue weighted by atomic mass is 10.0. The number of piperidine rings is 1. The van der Waals surface area contributed by atoms with E-state index in [1.165, 1.54) is 6.20 Å². The predicted molar refractivity (Wildman–Crippen MR) is 57.0 cm³/mol. The van der Waals surface area contributed by atoms with Gasteiger partial charge in [-0.2, -0.15) is 0 Å². The minimum absolute atomic E-state index is 0.0606. The molecule has 0 aromatic carbocycles. The van der Waals surface area contributed by atoms with Crippen molar-refractivity contribution in [2.45, 2.75) is 18.9 Å². The highest BCUT2D eigenvalue weighted by molar-refractivity contribution is 5.75. The molecule has 0 aromatic rings. The number of urea groups is 1. The molecule has 0 unspecified atom stereocenters. The first-order valence-corrected chi connectivity index (χ1v) is 4.98. The van der Waals surface area contributed by atoms with Gasteiger partial charge in [0.2, 0.25) is 0 Å². The van der Waals surface area contributed by atoms with Gasteiger partial charge in [-0.15, -0.1) is 0 Å². The number of carbonyl (C=O) groups excluding carboxylic acids is 1. The van der Waals surface area contributed by atoms with Crippen LogP contribution in [0.5, 0.6) is 0 Å². The maximum Gasteiger partial charge on any atom is 0.321 e. The van der Waals surface area contributed by atoms with Crippen molar-refractivity contribution in [3.8, 4) is 0 Å². The largest absolute Gasteiger partial charge is 0.325 e. The summed E-state index contributed by atoms with van der Waals surface area (Å²) in [6.45, 7) is 5.61. The van der Waals surface area contributed by atoms with Crippen molar-refractivity contribution in [1.29, 1.82) is 0 Å². The molecule has 14 heavy (non-hydrogen) atoms. The van der Waals surface area contributed by atoms with E-state index in [4.69, 9.17) is 0 Å². The lowest BCUT2D eigenvalue weighted by Crippen LogP contribution is -2.47. The van der Waals surface area contributed by atoms with Crippen molar-refractivity contribution >= 4 is 6.03 Å². The Labute approximate surface area is 85.6 Å². The fourth-order valence-corrected chi connectivity index (χ4v) is 1.74. The quantitative estimate of drug-likeness (QED) is 0.713. The second-order valence-corrected chi connectivity index (χ2v) is 3.80. The van der Waals surface area contributed by atoms with Gasteiger partial charge in [0.1, 0.15) is 0 Å². The van der Waals surface area contributed by atoms with Gasteiger partial charge in [0, 0.05) is 13.1 Å². The third-order valence-corrected chi connectivity index (χ3v) is 2.78. The lowest BCUT2D eigenvalue weighted by Gasteiger charge is -2.34. The van der Waals surface area contributed by atoms with Gasteiger partial charge in [-0.05, 0) is 39.2 Å². The molecule has 4 heteroatoms. The van der Waals surface area contributed by atoms with Crippen LogP contribution in [-0.2, 0) is 0 Å². The zero-order chi connectivity index (χ0) is 10.6. The molecule has 1 rings (SSSR count). The number of likely N-dealkylation sites (tertiary alicyclic amines) is 1. The van der Waals surface area contributed by atoms with Crippen LogP contribution in [0.25, 0.3) is 0 Å². The number of hydrogen-bond acceptors (Lipinski definition) is 2. The molecule has 1 aliphatic rings. The highest BCUT2D eigenvalue weighted by atomic mass is 16.2. The SMILES string of the molecule is C=CNC(=O)N(C)C1CCN(C)CC1. The normalized spacial score (nSPS) is 19.0. The minimum atomic E-state index is -0.0606. The molecule has 0 radical (unpaired) electrons. The van der Waals surface area contributed by atoms with E-state index in [-0.39, 0.29) is 6.03 Å². The maximum absolute atomic E-state index is 11.5. The standard InChI is InChI=1S/C10H19N3O/c1-4-11-10(14)13(3)9-5-7-12(2)8-6-9/h4,9H,1,5-8H2,2-3H3,(H,11,14). The van der Waals surface area contributed by atoms with E-state index in [9.17, 15) is 4.79 Å². The summed E-state index contributed by atoms with van der Waals surface area (Å²) in [6, 6.07) is 0.306. The summed E-state index contributed by atoms with van der Waals surface area (Å²) in [4.78, 5) is 15.5. The molecule has 4 nitrogen and oxygen atoms in total. The number of nitrogens with zero attached hydrogens (tertiary/aromatic N) is 2. The van der Waals surface area contributed by atoms with Crippen molar-refractivity contribution in [3.63, 3.8) is 0 Å². The number of rotatable bonds is 2. The Bertz CT molecular complexity index is 209. The van der Waals surface area contributed by atoms with E-state index in [0.717, 1.165) is 25.9 Å². The minimum Gasteiger partial charge on any atom is -0.325 e. The molecule has 80 valence electrons. The summed E-state index contributed by atoms with van der Waals surface area (Å²) in [6.07, 6.45) is 3.53. The second kappa shape index (κ2) is 5.00. The van der Waals surface area contributed by atoms with Gasteiger partial charge in [0.15, 0.2) is 0 Å². The van der Waals surface area contributed by atoms with E-state index < -0.39 is 0 Å². The Morgan fingerprint density at radius 2 is 2.14 bits per heavy atom. The molecule has 0 aromatic heterocycles. The second-order valence-electron chi connectivity index (χ2n) is 3.80. The van der Waals surface area contributed by atoms with E-state index in [2.05, 4.69) is 23.8 Å². The molecule has 0 aliphatic carbocycles. The number of hydrogen-bond donors (Lipinski definition) is 1. The van der Waals surface area contributed by atoms with Gasteiger partial charge < -0.3 is 15.1 Å². The Balaban J connectivity index is 2.40. The van der Waals surface area contributed by atoms with Crippen LogP contribution in [0.4, 0.5) is 4.79 Å². The smallest absolute Gasteiger partial charge is 0.321 e. The predicted octanol–water partition coefficient (Wildman–Crippen LogP) is 0.865. The van der Waals surface area contributed by atoms with Crippen LogP contribution in [0.15, 0.2) is 12.8 Å². The van der Waals surface area contributed by atoms with Gasteiger partial charge >= 0.3 is 6.03 Å². The van der Waals surface area contributed by atoms with Crippen LogP contribution in [-0.4, -0.2) is 49.1 Å². The van der Waals surface area contributed by atoms with Crippen LogP contribution in [0.1, 0.15) is 12.8 Å². The molecule has 2 amide bonds. The van der Waals surface area contributed by atoms with Crippen LogP contribution in [0.2, 0.25) is 0 Å². The fraction of sp³-hybridized carbons (Fsp3) is 0.700. The Morgan fingerprint density at radius 1 is 1.57 bits per heavy atom. The van der Waals surface area contributed by atoms with Crippen LogP contribution in [0.3, 0.4) is 0 Å². The third kappa shape index (κ3) is 2.73. The Kier molecular flexibility index (Phi) is 3.95. The van der Waals surface area contributed by atoms with Gasteiger partial charge in [-0.25, -0.2) is 4.79 Å². The van der Waals surface area contributed by atoms with E-state index in [1.807, 2.05) is 7.05 Å². The zero-order valence-corrected chi connectivity index (χ0v) is 8.99. The molecule has 0 bridgehead atoms. The molecule has 1 aliphatic heterocycles. The lowest BCUT2D eigenvalue weighted by molar-refractivity contribution is 0.150. The zero-order valence-electron chi connectivity index (χ0n) is 8.99. The van der Waals surface area contributed by atoms with Crippen molar-refractivity contribution in [2.75, 3.05) is 27.2 Å². The highest BCUT2D eigenvalue weighted by Gasteiger charge is 2.23. The summed E-state index contributed by atoms with van der Waals surface area (Å²) >= 11 is 0. The highest BCUT2D eigenvalue weighted by Crippen LogP contribution is 2.13. The van der Waals surface area contributed by atoms with Crippen LogP contribution < -0.4 is 5.32 Å². The third-order valence-electron chi connectivity index (χ3n) is 2.78. The summed E-state index contributed by atoms with van der Waals surface area (Å²) < 4.78 is 0. The molecule has 0 spiro atoms. The molecule has 1 N–H and O–H groups in total. The van der Waals surface area contributed by atoms with Gasteiger partial charge in [-0.1, -0.05) is 6.58 Å². The van der Waals surface area contributed by atoms with Crippen LogP contribution in [0, 0.1) is 0 Å². The van der Waals surface area contributed by atoms with E-state index in [0.29, 0.717) is 6.04 Å². The maximum atomic E-state index is 11.5. The van der Waals surface area contributed by atoms with E-state index >= 15 is 0 Å². The average Bonchev–Trinajstić information content (AvgIpc) is 2.18. The molecule has 1 saturated heterocycles. The summed E-state index contributed by atoms with van der Waals surface area (Å²) in [7, 11) is 3.95. The first-order valence-electron chi connectivity index (χ1n) is 4.98. The van der Waals surface area contributed by atoms with Crippen molar-refractivity contribution in [1.82, 2.24) is 15.1 Å². The van der Waals surface area contributed by atoms with Crippen molar-refractivity contribution in [3.05, 3.63) is 12.8 Å². The molecule has 1 fully saturated rings. The summed E-state index contributed by atoms with van der Waals surface area (Å²) in [5.41, 5.74) is 0. The summed E-state index contributed by atoms with van der Waals surface area (Å²) in [5, 5.41) is 2.59. The van der Waals surface area contributed by atoms with Gasteiger partial charge in [0.05, 0.1) is 0 Å². The van der Waals surface area contributed by atoms with Gasteiger partial charge in [0.25, 0.3) is 0 Å². The molecule has 1 heterocycles. The average molecular weight is 197 g/mol. The van der Waals surface area contributed by atoms with Crippen LogP contribution >= 0.6 is 0 Å². The topological polar surface area (TPSA) is 35.6 Å². The molecular weight excluding hydrogens is 178 g/mol. The number of amides is 2. The first kappa shape index (κ1) is 11.0. The first-order chi connectivity index (χ1) is 6.65. The molecule has 0 atom stereocenters. The monoisotopic (exact) mass is 197 g/mol. The van der Waals surface area contributed by atoms with E-state index in [1.54, 1.807) is 4.90 Å². The number of nitrogens with one attached hydrogen (secondary N) is 1. The Morgan fingerprint density at radius 3 is 2.64 bits per heavy atom. The summed E-state index contributed by atoms with van der Waals surface area (Å²) in [5.74, 6) is 0.